The largest absolute Gasteiger partial charge is 0.490 e. The highest BCUT2D eigenvalue weighted by atomic mass is 16.5. The fourth-order valence-electron chi connectivity index (χ4n) is 2.68. The summed E-state index contributed by atoms with van der Waals surface area (Å²) in [5.74, 6) is 7.34. The van der Waals surface area contributed by atoms with Crippen LogP contribution in [0.5, 0.6) is 5.75 Å². The van der Waals surface area contributed by atoms with Gasteiger partial charge in [-0.1, -0.05) is 26.0 Å². The third-order valence-corrected chi connectivity index (χ3v) is 4.22. The molecular formula is C15H22N2O. The summed E-state index contributed by atoms with van der Waals surface area (Å²) in [6.07, 6.45) is 4.06. The molecule has 1 aromatic rings. The van der Waals surface area contributed by atoms with Crippen molar-refractivity contribution in [3.8, 4) is 5.75 Å². The van der Waals surface area contributed by atoms with Gasteiger partial charge in [-0.15, -0.1) is 0 Å². The van der Waals surface area contributed by atoms with Crippen molar-refractivity contribution in [2.24, 2.45) is 17.2 Å². The minimum absolute atomic E-state index is 0.239. The second-order valence-corrected chi connectivity index (χ2v) is 6.33. The molecule has 0 spiro atoms. The van der Waals surface area contributed by atoms with E-state index >= 15 is 0 Å². The maximum Gasteiger partial charge on any atom is 0.120 e. The lowest BCUT2D eigenvalue weighted by Gasteiger charge is -2.19. The molecule has 3 nitrogen and oxygen atoms in total. The zero-order chi connectivity index (χ0) is 12.8. The topological polar surface area (TPSA) is 47.3 Å². The lowest BCUT2D eigenvalue weighted by molar-refractivity contribution is 0.302. The van der Waals surface area contributed by atoms with E-state index in [1.165, 1.54) is 24.8 Å². The van der Waals surface area contributed by atoms with Crippen molar-refractivity contribution in [2.45, 2.75) is 45.3 Å². The van der Waals surface area contributed by atoms with Crippen LogP contribution in [0.15, 0.2) is 24.3 Å². The van der Waals surface area contributed by atoms with Gasteiger partial charge in [0.15, 0.2) is 0 Å². The van der Waals surface area contributed by atoms with Gasteiger partial charge in [-0.2, -0.15) is 0 Å². The Balaban J connectivity index is 1.76. The van der Waals surface area contributed by atoms with Gasteiger partial charge in [-0.3, -0.25) is 11.3 Å². The third kappa shape index (κ3) is 2.38. The van der Waals surface area contributed by atoms with Gasteiger partial charge in [0, 0.05) is 6.04 Å². The van der Waals surface area contributed by atoms with Crippen molar-refractivity contribution in [1.82, 2.24) is 5.43 Å². The summed E-state index contributed by atoms with van der Waals surface area (Å²) >= 11 is 0. The van der Waals surface area contributed by atoms with Gasteiger partial charge in [0.05, 0.1) is 6.10 Å². The van der Waals surface area contributed by atoms with Gasteiger partial charge < -0.3 is 4.74 Å². The molecule has 0 aromatic heterocycles. The van der Waals surface area contributed by atoms with E-state index in [2.05, 4.69) is 37.5 Å². The van der Waals surface area contributed by atoms with Crippen molar-refractivity contribution in [3.63, 3.8) is 0 Å². The Hall–Kier alpha value is -1.06. The van der Waals surface area contributed by atoms with Gasteiger partial charge in [0.1, 0.15) is 5.75 Å². The van der Waals surface area contributed by atoms with Crippen LogP contribution in [0.1, 0.15) is 44.7 Å². The predicted octanol–water partition coefficient (Wildman–Crippen LogP) is 2.78. The molecule has 1 aromatic carbocycles. The lowest BCUT2D eigenvalue weighted by atomic mass is 9.97. The second-order valence-electron chi connectivity index (χ2n) is 6.33. The monoisotopic (exact) mass is 246 g/mol. The number of ether oxygens (including phenoxy) is 1. The number of hydrogen-bond acceptors (Lipinski definition) is 3. The smallest absolute Gasteiger partial charge is 0.120 e. The third-order valence-electron chi connectivity index (χ3n) is 4.22. The number of benzene rings is 1. The van der Waals surface area contributed by atoms with Crippen LogP contribution in [-0.4, -0.2) is 6.10 Å². The molecule has 3 rings (SSSR count). The quantitative estimate of drug-likeness (QED) is 0.620. The van der Waals surface area contributed by atoms with Crippen molar-refractivity contribution in [1.29, 1.82) is 0 Å². The standard InChI is InChI=1S/C15H22N2O/c1-15(2)9-13(15)14(17-16)10-4-3-5-12(8-10)18-11-6-7-11/h3-5,8,11,13-14,17H,6-7,9,16H2,1-2H3. The van der Waals surface area contributed by atoms with Gasteiger partial charge in [0.2, 0.25) is 0 Å². The molecule has 0 aliphatic heterocycles. The normalized spacial score (nSPS) is 26.7. The van der Waals surface area contributed by atoms with Crippen molar-refractivity contribution < 1.29 is 4.74 Å². The fourth-order valence-corrected chi connectivity index (χ4v) is 2.68. The Morgan fingerprint density at radius 2 is 2.11 bits per heavy atom. The van der Waals surface area contributed by atoms with Crippen molar-refractivity contribution in [2.75, 3.05) is 0 Å². The molecule has 2 aliphatic carbocycles. The molecule has 0 heterocycles. The molecule has 0 saturated heterocycles. The summed E-state index contributed by atoms with van der Waals surface area (Å²) in [5.41, 5.74) is 4.63. The summed E-state index contributed by atoms with van der Waals surface area (Å²) in [4.78, 5) is 0. The highest BCUT2D eigenvalue weighted by Gasteiger charge is 2.50. The first-order valence-corrected chi connectivity index (χ1v) is 6.83. The SMILES string of the molecule is CC1(C)CC1C(NN)c1cccc(OC2CC2)c1. The Labute approximate surface area is 109 Å². The fraction of sp³-hybridized carbons (Fsp3) is 0.600. The molecule has 2 fully saturated rings. The number of hydrazine groups is 1. The zero-order valence-electron chi connectivity index (χ0n) is 11.1. The van der Waals surface area contributed by atoms with E-state index in [0.29, 0.717) is 17.4 Å². The lowest BCUT2D eigenvalue weighted by Crippen LogP contribution is -2.30. The first-order valence-electron chi connectivity index (χ1n) is 6.83. The summed E-state index contributed by atoms with van der Waals surface area (Å²) in [5, 5.41) is 0. The van der Waals surface area contributed by atoms with Crippen LogP contribution in [0.3, 0.4) is 0 Å². The van der Waals surface area contributed by atoms with E-state index in [4.69, 9.17) is 10.6 Å². The Morgan fingerprint density at radius 3 is 2.67 bits per heavy atom. The molecule has 2 saturated carbocycles. The minimum Gasteiger partial charge on any atom is -0.490 e. The minimum atomic E-state index is 0.239. The molecule has 3 N–H and O–H groups in total. The van der Waals surface area contributed by atoms with Crippen LogP contribution in [-0.2, 0) is 0 Å². The molecular weight excluding hydrogens is 224 g/mol. The summed E-state index contributed by atoms with van der Waals surface area (Å²) < 4.78 is 5.84. The maximum atomic E-state index is 5.84. The molecule has 18 heavy (non-hydrogen) atoms. The van der Waals surface area contributed by atoms with Crippen LogP contribution in [0.4, 0.5) is 0 Å². The highest BCUT2D eigenvalue weighted by molar-refractivity contribution is 5.32. The van der Waals surface area contributed by atoms with E-state index in [1.807, 2.05) is 6.07 Å². The molecule has 0 radical (unpaired) electrons. The highest BCUT2D eigenvalue weighted by Crippen LogP contribution is 2.57. The molecule has 3 heteroatoms. The Morgan fingerprint density at radius 1 is 1.39 bits per heavy atom. The summed E-state index contributed by atoms with van der Waals surface area (Å²) in [6, 6.07) is 8.61. The first kappa shape index (κ1) is 12.0. The van der Waals surface area contributed by atoms with Crippen molar-refractivity contribution >= 4 is 0 Å². The number of nitrogens with one attached hydrogen (secondary N) is 1. The molecule has 98 valence electrons. The van der Waals surface area contributed by atoms with E-state index in [1.54, 1.807) is 0 Å². The molecule has 2 unspecified atom stereocenters. The average Bonchev–Trinajstić information content (AvgIpc) is 3.22. The van der Waals surface area contributed by atoms with Crippen LogP contribution < -0.4 is 16.0 Å². The second kappa shape index (κ2) is 4.25. The summed E-state index contributed by atoms with van der Waals surface area (Å²) in [7, 11) is 0. The first-order chi connectivity index (χ1) is 8.60. The molecule has 2 aliphatic rings. The van der Waals surface area contributed by atoms with E-state index in [9.17, 15) is 0 Å². The molecule has 0 bridgehead atoms. The van der Waals surface area contributed by atoms with E-state index < -0.39 is 0 Å². The van der Waals surface area contributed by atoms with Gasteiger partial charge in [0.25, 0.3) is 0 Å². The number of nitrogens with two attached hydrogens (primary N) is 1. The maximum absolute atomic E-state index is 5.84. The summed E-state index contributed by atoms with van der Waals surface area (Å²) in [6.45, 7) is 4.60. The zero-order valence-corrected chi connectivity index (χ0v) is 11.1. The van der Waals surface area contributed by atoms with Gasteiger partial charge in [-0.25, -0.2) is 0 Å². The van der Waals surface area contributed by atoms with Crippen LogP contribution in [0, 0.1) is 11.3 Å². The molecule has 2 atom stereocenters. The van der Waals surface area contributed by atoms with E-state index in [0.717, 1.165) is 5.75 Å². The molecule has 0 amide bonds. The van der Waals surface area contributed by atoms with Crippen LogP contribution in [0.25, 0.3) is 0 Å². The van der Waals surface area contributed by atoms with E-state index in [-0.39, 0.29) is 6.04 Å². The van der Waals surface area contributed by atoms with Crippen molar-refractivity contribution in [3.05, 3.63) is 29.8 Å². The Bertz CT molecular complexity index is 440. The number of rotatable bonds is 5. The van der Waals surface area contributed by atoms with Crippen LogP contribution in [0.2, 0.25) is 0 Å². The average molecular weight is 246 g/mol. The van der Waals surface area contributed by atoms with Gasteiger partial charge >= 0.3 is 0 Å². The van der Waals surface area contributed by atoms with Gasteiger partial charge in [-0.05, 0) is 48.3 Å². The Kier molecular flexibility index (Phi) is 2.83. The number of hydrogen-bond donors (Lipinski definition) is 2. The predicted molar refractivity (Wildman–Crippen MR) is 72.0 cm³/mol. The van der Waals surface area contributed by atoms with Crippen LogP contribution >= 0.6 is 0 Å².